The van der Waals surface area contributed by atoms with Crippen LogP contribution < -0.4 is 0 Å². The summed E-state index contributed by atoms with van der Waals surface area (Å²) in [5.41, 5.74) is 0. The number of ether oxygens (including phenoxy) is 7. The van der Waals surface area contributed by atoms with Gasteiger partial charge < -0.3 is 38.3 Å². The molecule has 0 aliphatic heterocycles. The molecule has 0 rings (SSSR count). The number of hydrogen-bond donors (Lipinski definition) is 2. The molecule has 0 aliphatic rings. The topological polar surface area (TPSA) is 102 Å². The molecule has 9 nitrogen and oxygen atoms in total. The van der Waals surface area contributed by atoms with Crippen LogP contribution in [-0.2, 0) is 38.0 Å². The number of carboxylic acid groups (broad SMARTS) is 1. The Morgan fingerprint density at radius 1 is 0.375 bits per heavy atom. The zero-order valence-electron chi connectivity index (χ0n) is 25.2. The van der Waals surface area contributed by atoms with Crippen molar-refractivity contribution in [2.45, 2.75) is 89.9 Å². The van der Waals surface area contributed by atoms with Crippen LogP contribution >= 0.6 is 12.6 Å². The standard InChI is InChI=1S/C30H60O9S/c31-30(32)29-39-27-26-38-25-24-37-23-22-36-21-20-35-19-18-34-17-16-33-15-13-11-9-7-5-3-1-2-4-6-8-10-12-14-28-40/h40H,1-29H2,(H,31,32). The minimum atomic E-state index is -0.984. The van der Waals surface area contributed by atoms with Gasteiger partial charge in [0, 0.05) is 6.61 Å². The Bertz CT molecular complexity index is 486. The van der Waals surface area contributed by atoms with E-state index < -0.39 is 5.97 Å². The minimum Gasteiger partial charge on any atom is -0.480 e. The van der Waals surface area contributed by atoms with Gasteiger partial charge in [0.05, 0.1) is 79.3 Å². The van der Waals surface area contributed by atoms with Crippen molar-refractivity contribution in [3.05, 3.63) is 0 Å². The van der Waals surface area contributed by atoms with Gasteiger partial charge in [0.25, 0.3) is 0 Å². The van der Waals surface area contributed by atoms with Gasteiger partial charge in [0.1, 0.15) is 6.61 Å². The van der Waals surface area contributed by atoms with Gasteiger partial charge in [-0.15, -0.1) is 0 Å². The molecule has 0 aliphatic carbocycles. The van der Waals surface area contributed by atoms with Gasteiger partial charge >= 0.3 is 5.97 Å². The van der Waals surface area contributed by atoms with Gasteiger partial charge in [-0.05, 0) is 18.6 Å². The minimum absolute atomic E-state index is 0.257. The molecule has 1 N–H and O–H groups in total. The fourth-order valence-corrected chi connectivity index (χ4v) is 4.14. The van der Waals surface area contributed by atoms with E-state index in [1.807, 2.05) is 0 Å². The number of aliphatic carboxylic acids is 1. The monoisotopic (exact) mass is 596 g/mol. The highest BCUT2D eigenvalue weighted by Gasteiger charge is 1.98. The first-order chi connectivity index (χ1) is 19.8. The highest BCUT2D eigenvalue weighted by molar-refractivity contribution is 7.80. The average Bonchev–Trinajstić information content (AvgIpc) is 2.95. The Morgan fingerprint density at radius 3 is 0.925 bits per heavy atom. The Morgan fingerprint density at radius 2 is 0.625 bits per heavy atom. The molecule has 0 aromatic carbocycles. The summed E-state index contributed by atoms with van der Waals surface area (Å²) in [6.07, 6.45) is 18.9. The Balaban J connectivity index is 3.03. The van der Waals surface area contributed by atoms with Crippen molar-refractivity contribution in [2.75, 3.05) is 98.2 Å². The van der Waals surface area contributed by atoms with E-state index in [9.17, 15) is 4.79 Å². The van der Waals surface area contributed by atoms with Crippen LogP contribution in [0.5, 0.6) is 0 Å². The lowest BCUT2D eigenvalue weighted by atomic mass is 10.0. The van der Waals surface area contributed by atoms with E-state index in [1.165, 1.54) is 83.5 Å². The second kappa shape index (κ2) is 36.6. The fraction of sp³-hybridized carbons (Fsp3) is 0.967. The summed E-state index contributed by atoms with van der Waals surface area (Å²) >= 11 is 4.26. The van der Waals surface area contributed by atoms with Crippen molar-refractivity contribution in [3.8, 4) is 0 Å². The van der Waals surface area contributed by atoms with Gasteiger partial charge in [-0.2, -0.15) is 12.6 Å². The molecule has 0 saturated heterocycles. The first kappa shape index (κ1) is 39.5. The van der Waals surface area contributed by atoms with E-state index in [4.69, 9.17) is 38.3 Å². The third-order valence-electron chi connectivity index (χ3n) is 6.15. The van der Waals surface area contributed by atoms with Gasteiger partial charge in [-0.3, -0.25) is 0 Å². The molecular formula is C30H60O9S. The second-order valence-electron chi connectivity index (χ2n) is 9.79. The zero-order valence-corrected chi connectivity index (χ0v) is 26.1. The molecule has 40 heavy (non-hydrogen) atoms. The molecule has 0 fully saturated rings. The van der Waals surface area contributed by atoms with E-state index in [-0.39, 0.29) is 13.2 Å². The number of thiol groups is 1. The second-order valence-corrected chi connectivity index (χ2v) is 10.2. The van der Waals surface area contributed by atoms with Gasteiger partial charge in [0.2, 0.25) is 0 Å². The maximum absolute atomic E-state index is 10.3. The van der Waals surface area contributed by atoms with Crippen LogP contribution in [-0.4, -0.2) is 109 Å². The van der Waals surface area contributed by atoms with Gasteiger partial charge in [-0.1, -0.05) is 77.0 Å². The SMILES string of the molecule is O=C(O)COCCOCCOCCOCCOCCOCCOCCCCCCCCCCCCCCCCS. The third-order valence-corrected chi connectivity index (χ3v) is 6.47. The lowest BCUT2D eigenvalue weighted by Crippen LogP contribution is -2.15. The predicted octanol–water partition coefficient (Wildman–Crippen LogP) is 5.58. The van der Waals surface area contributed by atoms with Crippen LogP contribution in [0.3, 0.4) is 0 Å². The largest absolute Gasteiger partial charge is 0.480 e. The smallest absolute Gasteiger partial charge is 0.329 e. The summed E-state index contributed by atoms with van der Waals surface area (Å²) in [6.45, 7) is 6.39. The first-order valence-corrected chi connectivity index (χ1v) is 16.3. The van der Waals surface area contributed by atoms with Gasteiger partial charge in [-0.25, -0.2) is 4.79 Å². The molecule has 0 unspecified atom stereocenters. The van der Waals surface area contributed by atoms with E-state index in [0.717, 1.165) is 18.8 Å². The number of hydrogen-bond acceptors (Lipinski definition) is 9. The molecule has 0 heterocycles. The van der Waals surface area contributed by atoms with E-state index in [2.05, 4.69) is 12.6 Å². The zero-order chi connectivity index (χ0) is 29.0. The number of carboxylic acids is 1. The highest BCUT2D eigenvalue weighted by Crippen LogP contribution is 2.13. The van der Waals surface area contributed by atoms with Crippen LogP contribution in [0.4, 0.5) is 0 Å². The van der Waals surface area contributed by atoms with E-state index in [1.54, 1.807) is 0 Å². The quantitative estimate of drug-likeness (QED) is 0.0709. The molecule has 0 aromatic rings. The lowest BCUT2D eigenvalue weighted by Gasteiger charge is -2.08. The molecule has 0 spiro atoms. The van der Waals surface area contributed by atoms with Crippen molar-refractivity contribution in [3.63, 3.8) is 0 Å². The first-order valence-electron chi connectivity index (χ1n) is 15.6. The van der Waals surface area contributed by atoms with Gasteiger partial charge in [0.15, 0.2) is 0 Å². The summed E-state index contributed by atoms with van der Waals surface area (Å²) in [5.74, 6) is 0.0538. The summed E-state index contributed by atoms with van der Waals surface area (Å²) in [4.78, 5) is 10.3. The average molecular weight is 597 g/mol. The lowest BCUT2D eigenvalue weighted by molar-refractivity contribution is -0.142. The van der Waals surface area contributed by atoms with E-state index >= 15 is 0 Å². The molecule has 0 amide bonds. The van der Waals surface area contributed by atoms with Crippen LogP contribution in [0.2, 0.25) is 0 Å². The highest BCUT2D eigenvalue weighted by atomic mass is 32.1. The summed E-state index contributed by atoms with van der Waals surface area (Å²) in [5, 5.41) is 8.42. The van der Waals surface area contributed by atoms with Crippen LogP contribution in [0, 0.1) is 0 Å². The molecule has 0 saturated carbocycles. The molecular weight excluding hydrogens is 536 g/mol. The summed E-state index contributed by atoms with van der Waals surface area (Å²) in [6, 6.07) is 0. The number of carbonyl (C=O) groups is 1. The molecule has 0 atom stereocenters. The van der Waals surface area contributed by atoms with Crippen molar-refractivity contribution in [1.82, 2.24) is 0 Å². The molecule has 0 bridgehead atoms. The summed E-state index contributed by atoms with van der Waals surface area (Å²) in [7, 11) is 0. The molecule has 0 radical (unpaired) electrons. The number of rotatable bonds is 36. The molecule has 10 heteroatoms. The Kier molecular flexibility index (Phi) is 36.1. The fourth-order valence-electron chi connectivity index (χ4n) is 3.92. The Hall–Kier alpha value is -0.460. The van der Waals surface area contributed by atoms with Crippen molar-refractivity contribution in [1.29, 1.82) is 0 Å². The maximum atomic E-state index is 10.3. The number of unbranched alkanes of at least 4 members (excludes halogenated alkanes) is 13. The molecule has 0 aromatic heterocycles. The Labute approximate surface area is 249 Å². The summed E-state index contributed by atoms with van der Waals surface area (Å²) < 4.78 is 37.6. The van der Waals surface area contributed by atoms with Crippen LogP contribution in [0.15, 0.2) is 0 Å². The normalized spacial score (nSPS) is 11.4. The van der Waals surface area contributed by atoms with E-state index in [0.29, 0.717) is 72.7 Å². The third kappa shape index (κ3) is 37.5. The van der Waals surface area contributed by atoms with Crippen LogP contribution in [0.25, 0.3) is 0 Å². The predicted molar refractivity (Wildman–Crippen MR) is 162 cm³/mol. The van der Waals surface area contributed by atoms with Crippen molar-refractivity contribution >= 4 is 18.6 Å². The van der Waals surface area contributed by atoms with Crippen molar-refractivity contribution in [2.24, 2.45) is 0 Å². The molecule has 240 valence electrons. The van der Waals surface area contributed by atoms with Crippen molar-refractivity contribution < 1.29 is 43.1 Å². The van der Waals surface area contributed by atoms with Crippen LogP contribution in [0.1, 0.15) is 89.9 Å². The maximum Gasteiger partial charge on any atom is 0.329 e.